The molecule has 2 rings (SSSR count). The van der Waals surface area contributed by atoms with Gasteiger partial charge in [-0.1, -0.05) is 11.8 Å². The van der Waals surface area contributed by atoms with Crippen molar-refractivity contribution in [1.82, 2.24) is 5.32 Å². The van der Waals surface area contributed by atoms with E-state index in [0.29, 0.717) is 18.7 Å². The highest BCUT2D eigenvalue weighted by Crippen LogP contribution is 2.28. The van der Waals surface area contributed by atoms with E-state index in [-0.39, 0.29) is 12.5 Å². The minimum Gasteiger partial charge on any atom is -0.384 e. The van der Waals surface area contributed by atoms with Crippen molar-refractivity contribution in [3.8, 4) is 11.8 Å². The largest absolute Gasteiger partial charge is 0.384 e. The smallest absolute Gasteiger partial charge is 0.252 e. The Morgan fingerprint density at radius 3 is 3.15 bits per heavy atom. The lowest BCUT2D eigenvalue weighted by Crippen LogP contribution is -2.24. The highest BCUT2D eigenvalue weighted by atomic mass is 32.1. The standard InChI is InChI=1S/C15H19NO3S/c17-7-1-3-14-9-13(11-20-14)15(18)16-6-2-8-19-10-12-4-5-12/h9,11-12,17H,2,4-8,10H2,(H,16,18). The zero-order valence-electron chi connectivity index (χ0n) is 11.4. The lowest BCUT2D eigenvalue weighted by molar-refractivity contribution is 0.0938. The number of hydrogen-bond donors (Lipinski definition) is 2. The van der Waals surface area contributed by atoms with Gasteiger partial charge in [-0.2, -0.15) is 0 Å². The zero-order valence-corrected chi connectivity index (χ0v) is 12.2. The molecule has 108 valence electrons. The van der Waals surface area contributed by atoms with Crippen molar-refractivity contribution in [2.24, 2.45) is 5.92 Å². The number of carbonyl (C=O) groups excluding carboxylic acids is 1. The Morgan fingerprint density at radius 1 is 1.55 bits per heavy atom. The van der Waals surface area contributed by atoms with E-state index >= 15 is 0 Å². The topological polar surface area (TPSA) is 58.6 Å². The van der Waals surface area contributed by atoms with E-state index in [9.17, 15) is 4.79 Å². The molecule has 20 heavy (non-hydrogen) atoms. The number of nitrogens with one attached hydrogen (secondary N) is 1. The van der Waals surface area contributed by atoms with Gasteiger partial charge in [-0.3, -0.25) is 4.79 Å². The Hall–Kier alpha value is -1.35. The van der Waals surface area contributed by atoms with Crippen molar-refractivity contribution in [2.45, 2.75) is 19.3 Å². The zero-order chi connectivity index (χ0) is 14.2. The third kappa shape index (κ3) is 5.33. The van der Waals surface area contributed by atoms with Gasteiger partial charge in [0.1, 0.15) is 6.61 Å². The molecule has 0 aromatic carbocycles. The molecule has 0 aliphatic heterocycles. The first-order valence-corrected chi connectivity index (χ1v) is 7.72. The number of thiophene rings is 1. The molecule has 1 amide bonds. The summed E-state index contributed by atoms with van der Waals surface area (Å²) in [6.07, 6.45) is 3.44. The summed E-state index contributed by atoms with van der Waals surface area (Å²) in [7, 11) is 0. The average molecular weight is 293 g/mol. The van der Waals surface area contributed by atoms with Crippen LogP contribution in [0.25, 0.3) is 0 Å². The maximum Gasteiger partial charge on any atom is 0.252 e. The van der Waals surface area contributed by atoms with Crippen LogP contribution < -0.4 is 5.32 Å². The monoisotopic (exact) mass is 293 g/mol. The minimum atomic E-state index is -0.166. The predicted octanol–water partition coefficient (Wildman–Crippen LogP) is 1.64. The van der Waals surface area contributed by atoms with Gasteiger partial charge in [0.25, 0.3) is 5.91 Å². The molecular weight excluding hydrogens is 274 g/mol. The molecule has 1 saturated carbocycles. The van der Waals surface area contributed by atoms with Crippen LogP contribution in [0.2, 0.25) is 0 Å². The Morgan fingerprint density at radius 2 is 2.40 bits per heavy atom. The van der Waals surface area contributed by atoms with Gasteiger partial charge in [0.2, 0.25) is 0 Å². The van der Waals surface area contributed by atoms with E-state index in [2.05, 4.69) is 17.2 Å². The van der Waals surface area contributed by atoms with Crippen molar-refractivity contribution in [2.75, 3.05) is 26.4 Å². The Labute approximate surface area is 123 Å². The van der Waals surface area contributed by atoms with Crippen molar-refractivity contribution in [3.63, 3.8) is 0 Å². The van der Waals surface area contributed by atoms with E-state index in [0.717, 1.165) is 23.8 Å². The lowest BCUT2D eigenvalue weighted by Gasteiger charge is -2.04. The van der Waals surface area contributed by atoms with E-state index < -0.39 is 0 Å². The summed E-state index contributed by atoms with van der Waals surface area (Å²) in [4.78, 5) is 12.6. The summed E-state index contributed by atoms with van der Waals surface area (Å²) in [5.41, 5.74) is 0.621. The molecular formula is C15H19NO3S. The molecule has 1 fully saturated rings. The summed E-state index contributed by atoms with van der Waals surface area (Å²) < 4.78 is 5.50. The summed E-state index contributed by atoms with van der Waals surface area (Å²) in [6, 6.07) is 1.74. The fourth-order valence-electron chi connectivity index (χ4n) is 1.66. The third-order valence-electron chi connectivity index (χ3n) is 2.95. The number of hydrogen-bond acceptors (Lipinski definition) is 4. The number of rotatable bonds is 7. The maximum absolute atomic E-state index is 11.8. The molecule has 1 aliphatic rings. The third-order valence-corrected chi connectivity index (χ3v) is 3.80. The van der Waals surface area contributed by atoms with Crippen molar-refractivity contribution < 1.29 is 14.6 Å². The molecule has 1 heterocycles. The molecule has 0 atom stereocenters. The van der Waals surface area contributed by atoms with Gasteiger partial charge in [-0.15, -0.1) is 11.3 Å². The van der Waals surface area contributed by atoms with E-state index in [1.54, 1.807) is 11.4 Å². The van der Waals surface area contributed by atoms with Crippen LogP contribution in [-0.2, 0) is 4.74 Å². The van der Waals surface area contributed by atoms with Crippen LogP contribution in [0.4, 0.5) is 0 Å². The number of carbonyl (C=O) groups is 1. The van der Waals surface area contributed by atoms with E-state index in [4.69, 9.17) is 9.84 Å². The molecule has 1 aromatic rings. The Balaban J connectivity index is 1.62. The Bertz CT molecular complexity index is 497. The molecule has 0 saturated heterocycles. The summed E-state index contributed by atoms with van der Waals surface area (Å²) in [5.74, 6) is 6.06. The first-order valence-electron chi connectivity index (χ1n) is 6.84. The fraction of sp³-hybridized carbons (Fsp3) is 0.533. The predicted molar refractivity (Wildman–Crippen MR) is 78.8 cm³/mol. The second kappa shape index (κ2) is 8.05. The SMILES string of the molecule is O=C(NCCCOCC1CC1)c1csc(C#CCO)c1. The van der Waals surface area contributed by atoms with Gasteiger partial charge in [0, 0.05) is 25.1 Å². The van der Waals surface area contributed by atoms with Crippen LogP contribution in [0.5, 0.6) is 0 Å². The second-order valence-electron chi connectivity index (χ2n) is 4.79. The molecule has 0 spiro atoms. The number of aliphatic hydroxyl groups excluding tert-OH is 1. The maximum atomic E-state index is 11.8. The molecule has 1 aromatic heterocycles. The van der Waals surface area contributed by atoms with Crippen LogP contribution in [-0.4, -0.2) is 37.4 Å². The van der Waals surface area contributed by atoms with Gasteiger partial charge < -0.3 is 15.2 Å². The van der Waals surface area contributed by atoms with Crippen molar-refractivity contribution >= 4 is 17.2 Å². The first-order chi connectivity index (χ1) is 9.79. The van der Waals surface area contributed by atoms with Crippen LogP contribution in [0.15, 0.2) is 11.4 Å². The summed E-state index contributed by atoms with van der Waals surface area (Å²) in [5, 5.41) is 13.2. The normalized spacial score (nSPS) is 13.7. The van der Waals surface area contributed by atoms with E-state index in [1.807, 2.05) is 0 Å². The molecule has 1 aliphatic carbocycles. The molecule has 0 unspecified atom stereocenters. The number of amides is 1. The second-order valence-corrected chi connectivity index (χ2v) is 5.70. The average Bonchev–Trinajstić information content (AvgIpc) is 3.16. The van der Waals surface area contributed by atoms with Gasteiger partial charge in [0.15, 0.2) is 0 Å². The molecule has 4 nitrogen and oxygen atoms in total. The van der Waals surface area contributed by atoms with Crippen molar-refractivity contribution in [3.05, 3.63) is 21.9 Å². The van der Waals surface area contributed by atoms with E-state index in [1.165, 1.54) is 24.2 Å². The number of aliphatic hydroxyl groups is 1. The number of ether oxygens (including phenoxy) is 1. The Kier molecular flexibility index (Phi) is 6.06. The molecule has 0 radical (unpaired) electrons. The van der Waals surface area contributed by atoms with Crippen molar-refractivity contribution in [1.29, 1.82) is 0 Å². The first kappa shape index (κ1) is 15.0. The van der Waals surface area contributed by atoms with Crippen LogP contribution >= 0.6 is 11.3 Å². The highest BCUT2D eigenvalue weighted by molar-refractivity contribution is 7.10. The van der Waals surface area contributed by atoms with Crippen LogP contribution in [0.3, 0.4) is 0 Å². The highest BCUT2D eigenvalue weighted by Gasteiger charge is 2.20. The van der Waals surface area contributed by atoms with Gasteiger partial charge in [-0.25, -0.2) is 0 Å². The summed E-state index contributed by atoms with van der Waals surface area (Å²) in [6.45, 7) is 2.02. The molecule has 2 N–H and O–H groups in total. The fourth-order valence-corrected chi connectivity index (χ4v) is 2.42. The summed E-state index contributed by atoms with van der Waals surface area (Å²) >= 11 is 1.41. The van der Waals surface area contributed by atoms with Gasteiger partial charge in [-0.05, 0) is 31.2 Å². The van der Waals surface area contributed by atoms with Gasteiger partial charge >= 0.3 is 0 Å². The lowest BCUT2D eigenvalue weighted by atomic mass is 10.3. The molecule has 5 heteroatoms. The van der Waals surface area contributed by atoms with Crippen LogP contribution in [0, 0.1) is 17.8 Å². The van der Waals surface area contributed by atoms with Crippen LogP contribution in [0.1, 0.15) is 34.5 Å². The molecule has 0 bridgehead atoms. The quantitative estimate of drug-likeness (QED) is 0.593. The minimum absolute atomic E-state index is 0.0829. The van der Waals surface area contributed by atoms with Gasteiger partial charge in [0.05, 0.1) is 10.4 Å².